The van der Waals surface area contributed by atoms with Crippen molar-refractivity contribution in [2.45, 2.75) is 254 Å². The first-order valence-corrected chi connectivity index (χ1v) is 33.7. The standard InChI is InChI=1S/C64H101ClF3N11O11/c1-11-38(4)52-61(89)73(7)36-51(81)77-32-27-48(77)59(87)75(9)49(35-41-19-13-12-14-20-41)60(88)79-31-17-21-46(79)55(83)70-45(26-24-42-23-25-43(44(65)34-42)64(66,67)68)58(86)78-30-18-22-47(78)56(84)72-63(28-15-16-29-63)62(90)76(10)53(37(2)3)57(85)69-39(5)33-50(80)74(8)40(6)54(82)71-52/h37-49,52-53H,11-36H2,1-10H3,(H,69,85)(H,70,83)(H,71,82)(H,72,84)/t38-,39+,40-,42?,43?,44?,45-,46+,47-,48-,49-,52-,53-/m0/s1. The van der Waals surface area contributed by atoms with Crippen molar-refractivity contribution < 1.29 is 65.9 Å². The van der Waals surface area contributed by atoms with Crippen LogP contribution in [0.3, 0.4) is 0 Å². The van der Waals surface area contributed by atoms with Crippen LogP contribution in [-0.4, -0.2) is 225 Å². The number of likely N-dealkylation sites (N-methyl/N-ethyl adjacent to an activating group) is 4. The minimum absolute atomic E-state index is 0.0212. The molecular weight excluding hydrogens is 1190 g/mol. The third kappa shape index (κ3) is 16.5. The van der Waals surface area contributed by atoms with Crippen LogP contribution in [0.4, 0.5) is 13.2 Å². The highest BCUT2D eigenvalue weighted by Gasteiger charge is 2.52. The summed E-state index contributed by atoms with van der Waals surface area (Å²) in [4.78, 5) is 170. The molecule has 506 valence electrons. The van der Waals surface area contributed by atoms with Gasteiger partial charge in [-0.1, -0.05) is 79.1 Å². The number of amides is 11. The zero-order chi connectivity index (χ0) is 66.3. The highest BCUT2D eigenvalue weighted by atomic mass is 35.5. The average Bonchev–Trinajstić information content (AvgIpc) is 1.49. The maximum Gasteiger partial charge on any atom is 0.393 e. The van der Waals surface area contributed by atoms with Crippen molar-refractivity contribution in [3.8, 4) is 0 Å². The maximum absolute atomic E-state index is 15.3. The lowest BCUT2D eigenvalue weighted by Crippen LogP contribution is -2.64. The molecule has 1 spiro atoms. The Morgan fingerprint density at radius 3 is 1.79 bits per heavy atom. The molecule has 4 saturated heterocycles. The quantitative estimate of drug-likeness (QED) is 0.238. The molecule has 7 fully saturated rings. The second-order valence-corrected chi connectivity index (χ2v) is 28.3. The molecule has 11 amide bonds. The van der Waals surface area contributed by atoms with Crippen LogP contribution < -0.4 is 21.3 Å². The van der Waals surface area contributed by atoms with E-state index in [2.05, 4.69) is 21.3 Å². The van der Waals surface area contributed by atoms with Gasteiger partial charge in [0.1, 0.15) is 53.9 Å². The molecule has 3 aliphatic carbocycles. The molecule has 26 heteroatoms. The third-order valence-electron chi connectivity index (χ3n) is 21.1. The molecule has 13 atom stereocenters. The van der Waals surface area contributed by atoms with Gasteiger partial charge in [-0.3, -0.25) is 52.7 Å². The van der Waals surface area contributed by atoms with Crippen molar-refractivity contribution in [2.24, 2.45) is 29.6 Å². The summed E-state index contributed by atoms with van der Waals surface area (Å²) in [5, 5.41) is 10.5. The summed E-state index contributed by atoms with van der Waals surface area (Å²) in [5.41, 5.74) is -1.47. The van der Waals surface area contributed by atoms with Gasteiger partial charge in [-0.05, 0) is 121 Å². The number of carbonyl (C=O) groups excluding carboxylic acids is 11. The molecule has 7 aliphatic rings. The monoisotopic (exact) mass is 1290 g/mol. The summed E-state index contributed by atoms with van der Waals surface area (Å²) in [5.74, 6) is -8.97. The highest BCUT2D eigenvalue weighted by Crippen LogP contribution is 2.44. The lowest BCUT2D eigenvalue weighted by Gasteiger charge is -2.44. The van der Waals surface area contributed by atoms with Gasteiger partial charge in [-0.15, -0.1) is 11.6 Å². The van der Waals surface area contributed by atoms with Crippen LogP contribution >= 0.6 is 11.6 Å². The predicted molar refractivity (Wildman–Crippen MR) is 329 cm³/mol. The first-order valence-electron chi connectivity index (χ1n) is 33.3. The second-order valence-electron chi connectivity index (χ2n) is 27.7. The lowest BCUT2D eigenvalue weighted by atomic mass is 9.78. The molecule has 4 aliphatic heterocycles. The maximum atomic E-state index is 15.3. The molecule has 3 unspecified atom stereocenters. The van der Waals surface area contributed by atoms with Crippen LogP contribution in [0.5, 0.6) is 0 Å². The first kappa shape index (κ1) is 71.7. The summed E-state index contributed by atoms with van der Waals surface area (Å²) in [6, 6.07) is -9.55. The van der Waals surface area contributed by atoms with Gasteiger partial charge in [0, 0.05) is 65.7 Å². The Morgan fingerprint density at radius 1 is 0.589 bits per heavy atom. The number of rotatable bonds is 8. The minimum Gasteiger partial charge on any atom is -0.351 e. The molecular formula is C64H101ClF3N11O11. The Hall–Kier alpha value is -5.75. The molecule has 4 heterocycles. The molecule has 0 aromatic heterocycles. The number of hydrogen-bond donors (Lipinski definition) is 4. The van der Waals surface area contributed by atoms with Gasteiger partial charge in [0.25, 0.3) is 0 Å². The topological polar surface area (TPSA) is 259 Å². The van der Waals surface area contributed by atoms with Crippen LogP contribution in [0.1, 0.15) is 183 Å². The fourth-order valence-corrected chi connectivity index (χ4v) is 15.6. The number of nitrogens with one attached hydrogen (secondary N) is 4. The van der Waals surface area contributed by atoms with Gasteiger partial charge in [-0.2, -0.15) is 13.2 Å². The Balaban J connectivity index is 1.22. The van der Waals surface area contributed by atoms with Crippen molar-refractivity contribution in [3.05, 3.63) is 0 Å². The SMILES string of the molecule is CC[C@H](C)[C@@H]1NC(=O)[C@H](C)N(C)C(=O)C[C@@H](C)NC(=O)[C@H](C(C)C)N(C)C(=O)C2(CCCC2)NC(=O)[C@@H]2CCCN2C(=O)[C@H](CCC2CCC(C(F)(F)F)C(Cl)C2)NC(=O)[C@H]2CCCN2C(=O)[C@H](CC2CCCCC2)N(C)C(=O)[C@@H]2CCN2C(=O)CN(C)C1=O. The van der Waals surface area contributed by atoms with Crippen LogP contribution in [0, 0.1) is 29.6 Å². The summed E-state index contributed by atoms with van der Waals surface area (Å²) in [6.07, 6.45) is 3.87. The van der Waals surface area contributed by atoms with Crippen molar-refractivity contribution in [1.82, 2.24) is 55.6 Å². The van der Waals surface area contributed by atoms with E-state index in [1.807, 2.05) is 6.92 Å². The van der Waals surface area contributed by atoms with E-state index >= 15 is 9.59 Å². The minimum atomic E-state index is -4.49. The number of halogens is 4. The zero-order valence-electron chi connectivity index (χ0n) is 54.7. The Kier molecular flexibility index (Phi) is 24.5. The van der Waals surface area contributed by atoms with E-state index in [1.54, 1.807) is 27.7 Å². The second kappa shape index (κ2) is 30.8. The molecule has 7 rings (SSSR count). The number of fused-ring (bicyclic) bond motifs is 3. The Bertz CT molecular complexity index is 2640. The van der Waals surface area contributed by atoms with E-state index in [-0.39, 0.29) is 102 Å². The van der Waals surface area contributed by atoms with E-state index in [9.17, 15) is 56.3 Å². The summed E-state index contributed by atoms with van der Waals surface area (Å²) >= 11 is 6.40. The molecule has 0 aromatic rings. The smallest absolute Gasteiger partial charge is 0.351 e. The molecule has 0 aromatic carbocycles. The summed E-state index contributed by atoms with van der Waals surface area (Å²) in [6.45, 7) is 10.3. The highest BCUT2D eigenvalue weighted by molar-refractivity contribution is 6.20. The average molecular weight is 1290 g/mol. The van der Waals surface area contributed by atoms with Crippen LogP contribution in [-0.2, 0) is 52.7 Å². The van der Waals surface area contributed by atoms with Crippen molar-refractivity contribution in [3.63, 3.8) is 0 Å². The first-order chi connectivity index (χ1) is 42.4. The van der Waals surface area contributed by atoms with Crippen molar-refractivity contribution >= 4 is 76.6 Å². The largest absolute Gasteiger partial charge is 0.393 e. The van der Waals surface area contributed by atoms with E-state index < -0.39 is 161 Å². The fraction of sp³-hybridized carbons (Fsp3) is 0.828. The van der Waals surface area contributed by atoms with Crippen LogP contribution in [0.2, 0.25) is 0 Å². The number of carbonyl (C=O) groups is 11. The summed E-state index contributed by atoms with van der Waals surface area (Å²) in [7, 11) is 5.89. The van der Waals surface area contributed by atoms with E-state index in [1.165, 1.54) is 69.4 Å². The van der Waals surface area contributed by atoms with Gasteiger partial charge in [0.05, 0.1) is 12.5 Å². The van der Waals surface area contributed by atoms with Gasteiger partial charge < -0.3 is 55.6 Å². The Morgan fingerprint density at radius 2 is 1.21 bits per heavy atom. The Labute approximate surface area is 534 Å². The predicted octanol–water partition coefficient (Wildman–Crippen LogP) is 4.87. The van der Waals surface area contributed by atoms with Gasteiger partial charge in [-0.25, -0.2) is 0 Å². The number of hydrogen-bond acceptors (Lipinski definition) is 11. The van der Waals surface area contributed by atoms with E-state index in [0.29, 0.717) is 38.5 Å². The van der Waals surface area contributed by atoms with Gasteiger partial charge in [0.2, 0.25) is 65.0 Å². The zero-order valence-corrected chi connectivity index (χ0v) is 55.4. The van der Waals surface area contributed by atoms with E-state index in [4.69, 9.17) is 11.6 Å². The lowest BCUT2D eigenvalue weighted by molar-refractivity contribution is -0.182. The molecule has 22 nitrogen and oxygen atoms in total. The number of alkyl halides is 4. The third-order valence-corrected chi connectivity index (χ3v) is 21.6. The van der Waals surface area contributed by atoms with Crippen molar-refractivity contribution in [1.29, 1.82) is 0 Å². The van der Waals surface area contributed by atoms with Crippen molar-refractivity contribution in [2.75, 3.05) is 54.4 Å². The van der Waals surface area contributed by atoms with E-state index in [0.717, 1.165) is 32.1 Å². The van der Waals surface area contributed by atoms with Crippen LogP contribution in [0.15, 0.2) is 0 Å². The number of nitrogens with zero attached hydrogens (tertiary/aromatic N) is 7. The molecule has 90 heavy (non-hydrogen) atoms. The normalized spacial score (nSPS) is 32.5. The van der Waals surface area contributed by atoms with Gasteiger partial charge in [0.15, 0.2) is 0 Å². The summed E-state index contributed by atoms with van der Waals surface area (Å²) < 4.78 is 41.9. The molecule has 4 N–H and O–H groups in total. The van der Waals surface area contributed by atoms with Gasteiger partial charge >= 0.3 is 6.18 Å². The fourth-order valence-electron chi connectivity index (χ4n) is 15.1. The molecule has 0 radical (unpaired) electrons. The van der Waals surface area contributed by atoms with Crippen LogP contribution in [0.25, 0.3) is 0 Å². The molecule has 0 bridgehead atoms. The molecule has 3 saturated carbocycles.